The number of fused-ring (bicyclic) bond motifs is 1. The Hall–Kier alpha value is -2.46. The van der Waals surface area contributed by atoms with E-state index in [0.29, 0.717) is 10.7 Å². The fraction of sp³-hybridized carbons (Fsp3) is 0. The number of hydrogen-bond acceptors (Lipinski definition) is 2. The van der Waals surface area contributed by atoms with Crippen molar-refractivity contribution in [2.24, 2.45) is 0 Å². The molecule has 3 rings (SSSR count). The number of carbonyl (C=O) groups excluding carboxylic acids is 1. The van der Waals surface area contributed by atoms with Crippen LogP contribution in [0.4, 0.5) is 5.69 Å². The summed E-state index contributed by atoms with van der Waals surface area (Å²) in [4.78, 5) is 15.2. The van der Waals surface area contributed by atoms with Crippen molar-refractivity contribution < 1.29 is 9.90 Å². The second-order valence-corrected chi connectivity index (χ2v) is 4.83. The van der Waals surface area contributed by atoms with E-state index in [9.17, 15) is 9.90 Å². The van der Waals surface area contributed by atoms with Crippen molar-refractivity contribution in [3.05, 3.63) is 59.2 Å². The van der Waals surface area contributed by atoms with Crippen molar-refractivity contribution in [3.63, 3.8) is 0 Å². The SMILES string of the molecule is O=C(Nc1ccc2[nH]ccc2c1)c1cc(Cl)ccc1O. The zero-order valence-corrected chi connectivity index (χ0v) is 11.1. The maximum atomic E-state index is 12.1. The van der Waals surface area contributed by atoms with Gasteiger partial charge >= 0.3 is 0 Å². The van der Waals surface area contributed by atoms with Gasteiger partial charge in [0, 0.05) is 27.8 Å². The predicted molar refractivity (Wildman–Crippen MR) is 79.4 cm³/mol. The first-order chi connectivity index (χ1) is 9.63. The summed E-state index contributed by atoms with van der Waals surface area (Å²) < 4.78 is 0. The third kappa shape index (κ3) is 2.33. The minimum atomic E-state index is -0.403. The van der Waals surface area contributed by atoms with Crippen molar-refractivity contribution in [2.75, 3.05) is 5.32 Å². The molecule has 0 saturated heterocycles. The average Bonchev–Trinajstić information content (AvgIpc) is 2.89. The lowest BCUT2D eigenvalue weighted by molar-refractivity contribution is 0.102. The Labute approximate surface area is 120 Å². The van der Waals surface area contributed by atoms with Gasteiger partial charge in [-0.1, -0.05) is 11.6 Å². The summed E-state index contributed by atoms with van der Waals surface area (Å²) >= 11 is 5.83. The van der Waals surface area contributed by atoms with Gasteiger partial charge in [0.2, 0.25) is 0 Å². The molecule has 5 heteroatoms. The molecule has 0 aliphatic carbocycles. The Kier molecular flexibility index (Phi) is 3.08. The van der Waals surface area contributed by atoms with Gasteiger partial charge in [0.05, 0.1) is 5.56 Å². The number of rotatable bonds is 2. The highest BCUT2D eigenvalue weighted by molar-refractivity contribution is 6.31. The maximum Gasteiger partial charge on any atom is 0.259 e. The van der Waals surface area contributed by atoms with Crippen molar-refractivity contribution in [3.8, 4) is 5.75 Å². The predicted octanol–water partition coefficient (Wildman–Crippen LogP) is 3.78. The summed E-state index contributed by atoms with van der Waals surface area (Å²) in [6, 6.07) is 11.8. The molecule has 0 spiro atoms. The van der Waals surface area contributed by atoms with Crippen LogP contribution >= 0.6 is 11.6 Å². The molecule has 0 bridgehead atoms. The fourth-order valence-corrected chi connectivity index (χ4v) is 2.19. The first-order valence-corrected chi connectivity index (χ1v) is 6.38. The largest absolute Gasteiger partial charge is 0.507 e. The molecule has 2 aromatic carbocycles. The highest BCUT2D eigenvalue weighted by Gasteiger charge is 2.12. The van der Waals surface area contributed by atoms with E-state index in [2.05, 4.69) is 10.3 Å². The van der Waals surface area contributed by atoms with Crippen molar-refractivity contribution in [1.82, 2.24) is 4.98 Å². The topological polar surface area (TPSA) is 65.1 Å². The molecule has 0 radical (unpaired) electrons. The summed E-state index contributed by atoms with van der Waals surface area (Å²) in [5, 5.41) is 13.8. The first kappa shape index (κ1) is 12.6. The van der Waals surface area contributed by atoms with Gasteiger partial charge in [0.15, 0.2) is 0 Å². The number of nitrogens with one attached hydrogen (secondary N) is 2. The molecular weight excluding hydrogens is 276 g/mol. The minimum absolute atomic E-state index is 0.102. The number of aromatic amines is 1. The molecule has 0 unspecified atom stereocenters. The van der Waals surface area contributed by atoms with Gasteiger partial charge in [0.25, 0.3) is 5.91 Å². The van der Waals surface area contributed by atoms with Crippen LogP contribution in [0.25, 0.3) is 10.9 Å². The molecule has 3 aromatic rings. The molecule has 100 valence electrons. The Morgan fingerprint density at radius 3 is 2.85 bits per heavy atom. The summed E-state index contributed by atoms with van der Waals surface area (Å²) in [7, 11) is 0. The van der Waals surface area contributed by atoms with Crippen LogP contribution in [-0.4, -0.2) is 16.0 Å². The minimum Gasteiger partial charge on any atom is -0.507 e. The van der Waals surface area contributed by atoms with Crippen LogP contribution in [0.3, 0.4) is 0 Å². The van der Waals surface area contributed by atoms with Gasteiger partial charge < -0.3 is 15.4 Å². The van der Waals surface area contributed by atoms with Gasteiger partial charge in [-0.3, -0.25) is 4.79 Å². The molecule has 4 nitrogen and oxygen atoms in total. The summed E-state index contributed by atoms with van der Waals surface area (Å²) in [6.07, 6.45) is 1.83. The number of aromatic hydroxyl groups is 1. The Morgan fingerprint density at radius 2 is 2.00 bits per heavy atom. The molecule has 0 atom stereocenters. The van der Waals surface area contributed by atoms with E-state index in [0.717, 1.165) is 10.9 Å². The van der Waals surface area contributed by atoms with Gasteiger partial charge in [-0.15, -0.1) is 0 Å². The molecular formula is C15H11ClN2O2. The van der Waals surface area contributed by atoms with Gasteiger partial charge in [-0.25, -0.2) is 0 Å². The smallest absolute Gasteiger partial charge is 0.259 e. The Bertz CT molecular complexity index is 795. The van der Waals surface area contributed by atoms with E-state index in [4.69, 9.17) is 11.6 Å². The summed E-state index contributed by atoms with van der Waals surface area (Å²) in [6.45, 7) is 0. The van der Waals surface area contributed by atoms with E-state index in [-0.39, 0.29) is 11.3 Å². The van der Waals surface area contributed by atoms with Gasteiger partial charge in [-0.05, 0) is 42.5 Å². The second-order valence-electron chi connectivity index (χ2n) is 4.40. The highest BCUT2D eigenvalue weighted by atomic mass is 35.5. The lowest BCUT2D eigenvalue weighted by atomic mass is 10.1. The number of phenolic OH excluding ortho intramolecular Hbond substituents is 1. The van der Waals surface area contributed by atoms with E-state index in [1.165, 1.54) is 18.2 Å². The van der Waals surface area contributed by atoms with E-state index in [1.807, 2.05) is 24.4 Å². The number of halogens is 1. The molecule has 1 amide bonds. The molecule has 1 heterocycles. The molecule has 20 heavy (non-hydrogen) atoms. The molecule has 1 aromatic heterocycles. The third-order valence-corrected chi connectivity index (χ3v) is 3.25. The quantitative estimate of drug-likeness (QED) is 0.671. The number of anilines is 1. The molecule has 0 aliphatic heterocycles. The number of carbonyl (C=O) groups is 1. The van der Waals surface area contributed by atoms with Crippen LogP contribution in [0.2, 0.25) is 5.02 Å². The van der Waals surface area contributed by atoms with Crippen molar-refractivity contribution >= 4 is 34.1 Å². The van der Waals surface area contributed by atoms with Crippen LogP contribution in [0, 0.1) is 0 Å². The monoisotopic (exact) mass is 286 g/mol. The summed E-state index contributed by atoms with van der Waals surface area (Å²) in [5.74, 6) is -0.505. The van der Waals surface area contributed by atoms with Crippen LogP contribution in [0.1, 0.15) is 10.4 Å². The van der Waals surface area contributed by atoms with Crippen molar-refractivity contribution in [2.45, 2.75) is 0 Å². The maximum absolute atomic E-state index is 12.1. The molecule has 0 aliphatic rings. The zero-order chi connectivity index (χ0) is 14.1. The van der Waals surface area contributed by atoms with E-state index >= 15 is 0 Å². The van der Waals surface area contributed by atoms with Gasteiger partial charge in [0.1, 0.15) is 5.75 Å². The number of H-pyrrole nitrogens is 1. The van der Waals surface area contributed by atoms with Crippen LogP contribution in [-0.2, 0) is 0 Å². The molecule has 3 N–H and O–H groups in total. The summed E-state index contributed by atoms with van der Waals surface area (Å²) in [5.41, 5.74) is 1.79. The number of phenols is 1. The molecule has 0 saturated carbocycles. The van der Waals surface area contributed by atoms with Crippen LogP contribution in [0.15, 0.2) is 48.7 Å². The van der Waals surface area contributed by atoms with E-state index in [1.54, 1.807) is 6.07 Å². The van der Waals surface area contributed by atoms with Crippen molar-refractivity contribution in [1.29, 1.82) is 0 Å². The molecule has 0 fully saturated rings. The number of hydrogen-bond donors (Lipinski definition) is 3. The zero-order valence-electron chi connectivity index (χ0n) is 10.4. The Morgan fingerprint density at radius 1 is 1.15 bits per heavy atom. The standard InChI is InChI=1S/C15H11ClN2O2/c16-10-1-4-14(19)12(8-10)15(20)18-11-2-3-13-9(7-11)5-6-17-13/h1-8,17,19H,(H,18,20). The Balaban J connectivity index is 1.89. The second kappa shape index (κ2) is 4.90. The van der Waals surface area contributed by atoms with Crippen LogP contribution < -0.4 is 5.32 Å². The average molecular weight is 287 g/mol. The van der Waals surface area contributed by atoms with E-state index < -0.39 is 5.91 Å². The third-order valence-electron chi connectivity index (χ3n) is 3.01. The number of aromatic nitrogens is 1. The lowest BCUT2D eigenvalue weighted by Crippen LogP contribution is -2.12. The normalized spacial score (nSPS) is 10.7. The number of amides is 1. The fourth-order valence-electron chi connectivity index (χ4n) is 2.02. The number of benzene rings is 2. The first-order valence-electron chi connectivity index (χ1n) is 6.00. The lowest BCUT2D eigenvalue weighted by Gasteiger charge is -2.07. The highest BCUT2D eigenvalue weighted by Crippen LogP contribution is 2.23. The van der Waals surface area contributed by atoms with Gasteiger partial charge in [-0.2, -0.15) is 0 Å². The van der Waals surface area contributed by atoms with Crippen LogP contribution in [0.5, 0.6) is 5.75 Å².